The van der Waals surface area contributed by atoms with Crippen molar-refractivity contribution in [3.05, 3.63) is 60.9 Å². The van der Waals surface area contributed by atoms with E-state index in [-0.39, 0.29) is 80.3 Å². The first-order valence-electron chi connectivity index (χ1n) is 21.7. The van der Waals surface area contributed by atoms with Crippen molar-refractivity contribution in [2.75, 3.05) is 22.1 Å². The Morgan fingerprint density at radius 3 is 1.24 bits per heavy atom. The third-order valence-corrected chi connectivity index (χ3v) is 15.8. The largest absolute Gasteiger partial charge is 0.401 e. The van der Waals surface area contributed by atoms with Gasteiger partial charge in [0.1, 0.15) is 0 Å². The first-order valence-corrected chi connectivity index (χ1v) is 24.8. The Morgan fingerprint density at radius 1 is 0.561 bits per heavy atom. The van der Waals surface area contributed by atoms with Gasteiger partial charge in [-0.05, 0) is 77.6 Å². The summed E-state index contributed by atoms with van der Waals surface area (Å²) in [5.74, 6) is -0.129. The quantitative estimate of drug-likeness (QED) is 0.0964. The Balaban J connectivity index is 0.000000196. The van der Waals surface area contributed by atoms with Gasteiger partial charge in [0.2, 0.25) is 11.8 Å². The number of anilines is 4. The summed E-state index contributed by atoms with van der Waals surface area (Å²) in [4.78, 5) is 42.6. The molecule has 6 N–H and O–H groups in total. The fraction of sp³-hybridized carbons (Fsp3) is 0.409. The molecule has 0 atom stereocenters. The summed E-state index contributed by atoms with van der Waals surface area (Å²) >= 11 is 0. The Bertz CT molecular complexity index is 2690. The van der Waals surface area contributed by atoms with E-state index in [1.165, 1.54) is 36.7 Å². The Labute approximate surface area is 382 Å². The average molecular weight is 941 g/mol. The first-order chi connectivity index (χ1) is 31.5. The molecule has 0 aliphatic heterocycles. The van der Waals surface area contributed by atoms with Gasteiger partial charge in [-0.2, -0.15) is 0 Å². The van der Waals surface area contributed by atoms with Gasteiger partial charge in [0.15, 0.2) is 42.7 Å². The number of sulfone groups is 2. The van der Waals surface area contributed by atoms with Gasteiger partial charge >= 0.3 is 12.0 Å². The highest BCUT2D eigenvalue weighted by Crippen LogP contribution is 2.31. The second-order valence-corrected chi connectivity index (χ2v) is 21.7. The van der Waals surface area contributed by atoms with Crippen molar-refractivity contribution < 1.29 is 35.3 Å². The predicted molar refractivity (Wildman–Crippen MR) is 245 cm³/mol. The van der Waals surface area contributed by atoms with Gasteiger partial charge in [0.25, 0.3) is 11.8 Å². The van der Waals surface area contributed by atoms with Crippen LogP contribution in [0.25, 0.3) is 45.7 Å². The molecule has 20 nitrogen and oxygen atoms in total. The molecular weight excluding hydrogens is 889 g/mol. The molecule has 2 saturated carbocycles. The van der Waals surface area contributed by atoms with Crippen molar-refractivity contribution >= 4 is 55.2 Å². The molecule has 348 valence electrons. The lowest BCUT2D eigenvalue weighted by atomic mass is 9.89. The highest BCUT2D eigenvalue weighted by atomic mass is 32.2. The van der Waals surface area contributed by atoms with Crippen molar-refractivity contribution in [3.8, 4) is 45.7 Å². The van der Waals surface area contributed by atoms with Crippen LogP contribution in [-0.2, 0) is 29.3 Å². The third-order valence-electron chi connectivity index (χ3n) is 11.5. The number of benzene rings is 2. The molecule has 2 aliphatic rings. The van der Waals surface area contributed by atoms with E-state index in [2.05, 4.69) is 51.0 Å². The lowest BCUT2D eigenvalue weighted by molar-refractivity contribution is -0.121. The van der Waals surface area contributed by atoms with Gasteiger partial charge in [-0.3, -0.25) is 20.2 Å². The van der Waals surface area contributed by atoms with Crippen LogP contribution in [0.5, 0.6) is 0 Å². The monoisotopic (exact) mass is 940 g/mol. The van der Waals surface area contributed by atoms with Gasteiger partial charge in [-0.15, -0.1) is 10.2 Å². The summed E-state index contributed by atoms with van der Waals surface area (Å²) < 4.78 is 60.5. The van der Waals surface area contributed by atoms with Gasteiger partial charge in [0, 0.05) is 23.0 Å². The van der Waals surface area contributed by atoms with Crippen LogP contribution < -0.4 is 22.1 Å². The zero-order valence-corrected chi connectivity index (χ0v) is 38.6. The van der Waals surface area contributed by atoms with Crippen molar-refractivity contribution in [3.63, 3.8) is 0 Å². The van der Waals surface area contributed by atoms with Crippen molar-refractivity contribution in [1.29, 1.82) is 0 Å². The number of nitrogens with zero attached hydrogens (tertiary/aromatic N) is 8. The minimum Gasteiger partial charge on any atom is -0.401 e. The molecule has 0 bridgehead atoms. The van der Waals surface area contributed by atoms with E-state index in [0.29, 0.717) is 22.5 Å². The van der Waals surface area contributed by atoms with E-state index in [1.54, 1.807) is 52.0 Å². The average Bonchev–Trinajstić information content (AvgIpc) is 4.00. The molecule has 66 heavy (non-hydrogen) atoms. The van der Waals surface area contributed by atoms with Crippen LogP contribution in [0.3, 0.4) is 0 Å². The van der Waals surface area contributed by atoms with Crippen LogP contribution in [0.2, 0.25) is 0 Å². The van der Waals surface area contributed by atoms with E-state index in [0.717, 1.165) is 64.2 Å². The summed E-state index contributed by atoms with van der Waals surface area (Å²) in [6.07, 6.45) is 12.8. The van der Waals surface area contributed by atoms with E-state index in [9.17, 15) is 26.4 Å². The second-order valence-electron chi connectivity index (χ2n) is 16.7. The predicted octanol–water partition coefficient (Wildman–Crippen LogP) is 6.95. The fourth-order valence-electron chi connectivity index (χ4n) is 7.45. The second kappa shape index (κ2) is 20.2. The fourth-order valence-corrected chi connectivity index (χ4v) is 9.57. The molecule has 2 amide bonds. The van der Waals surface area contributed by atoms with Gasteiger partial charge in [0.05, 0.1) is 44.1 Å². The van der Waals surface area contributed by atoms with Crippen LogP contribution in [0, 0.1) is 11.8 Å². The SMILES string of the molecule is CC(C)S(=O)(=O)c1ccc(-c2cnc(N)c(-c3nnc(NC(=O)C4CCCCC4)o3)n2)cc1.CC(C)S(=O)(=O)c1ccc(-c2cnc(N)c(-c3nnc(NC(=O)C4CCCCC4)o3)n2)cc1. The number of carbonyl (C=O) groups excluding carboxylic acids is 2. The highest BCUT2D eigenvalue weighted by Gasteiger charge is 2.26. The number of nitrogens with two attached hydrogens (primary N) is 2. The number of hydrogen-bond acceptors (Lipinski definition) is 18. The normalized spacial score (nSPS) is 15.0. The summed E-state index contributed by atoms with van der Waals surface area (Å²) in [5.41, 5.74) is 14.5. The summed E-state index contributed by atoms with van der Waals surface area (Å²) in [7, 11) is -6.75. The van der Waals surface area contributed by atoms with E-state index in [1.807, 2.05) is 0 Å². The number of nitrogen functional groups attached to an aromatic ring is 2. The van der Waals surface area contributed by atoms with Crippen molar-refractivity contribution in [2.24, 2.45) is 11.8 Å². The molecule has 0 spiro atoms. The molecule has 22 heteroatoms. The lowest BCUT2D eigenvalue weighted by Gasteiger charge is -2.19. The molecular formula is C44H52N12O8S2. The molecule has 4 aromatic heterocycles. The van der Waals surface area contributed by atoms with Crippen LogP contribution in [0.1, 0.15) is 91.9 Å². The number of amides is 2. The van der Waals surface area contributed by atoms with Gasteiger partial charge in [-0.1, -0.05) is 73.0 Å². The van der Waals surface area contributed by atoms with Crippen LogP contribution in [0.4, 0.5) is 23.7 Å². The number of carbonyl (C=O) groups is 2. The molecule has 8 rings (SSSR count). The zero-order chi connectivity index (χ0) is 47.2. The van der Waals surface area contributed by atoms with E-state index < -0.39 is 30.2 Å². The molecule has 2 fully saturated rings. The molecule has 2 aromatic carbocycles. The zero-order valence-electron chi connectivity index (χ0n) is 37.0. The number of aromatic nitrogens is 8. The molecule has 2 aliphatic carbocycles. The maximum absolute atomic E-state index is 12.4. The maximum atomic E-state index is 12.4. The van der Waals surface area contributed by atoms with Crippen molar-refractivity contribution in [2.45, 2.75) is 112 Å². The smallest absolute Gasteiger partial charge is 0.322 e. The number of hydrogen-bond donors (Lipinski definition) is 4. The summed E-state index contributed by atoms with van der Waals surface area (Å²) in [6.45, 7) is 6.54. The minimum absolute atomic E-state index is 0.0181. The summed E-state index contributed by atoms with van der Waals surface area (Å²) in [5, 5.41) is 20.0. The Morgan fingerprint density at radius 2 is 0.909 bits per heavy atom. The van der Waals surface area contributed by atoms with Gasteiger partial charge < -0.3 is 20.3 Å². The third kappa shape index (κ3) is 10.9. The molecule has 0 saturated heterocycles. The highest BCUT2D eigenvalue weighted by molar-refractivity contribution is 7.92. The van der Waals surface area contributed by atoms with E-state index >= 15 is 0 Å². The lowest BCUT2D eigenvalue weighted by Crippen LogP contribution is -2.24. The number of nitrogens with one attached hydrogen (secondary N) is 2. The molecule has 0 unspecified atom stereocenters. The minimum atomic E-state index is -3.37. The Hall–Kier alpha value is -6.68. The standard InChI is InChI=1S/2C22H26N6O4S/c2*1-13(2)33(30,31)16-10-8-14(9-11-16)17-12-24-19(23)18(25-17)21-27-28-22(32-21)26-20(29)15-6-4-3-5-7-15/h2*8-13,15H,3-7H2,1-2H3,(H2,23,24)(H,26,28,29). The molecule has 6 aromatic rings. The summed E-state index contributed by atoms with van der Waals surface area (Å²) in [6, 6.07) is 12.7. The van der Waals surface area contributed by atoms with Crippen LogP contribution in [-0.4, -0.2) is 79.5 Å². The first kappa shape index (κ1) is 47.3. The Kier molecular flexibility index (Phi) is 14.5. The van der Waals surface area contributed by atoms with E-state index in [4.69, 9.17) is 20.3 Å². The van der Waals surface area contributed by atoms with Crippen molar-refractivity contribution in [1.82, 2.24) is 40.3 Å². The topological polar surface area (TPSA) is 308 Å². The molecule has 0 radical (unpaired) electrons. The van der Waals surface area contributed by atoms with Crippen LogP contribution >= 0.6 is 0 Å². The number of rotatable bonds is 12. The van der Waals surface area contributed by atoms with Crippen LogP contribution in [0.15, 0.2) is 79.5 Å². The van der Waals surface area contributed by atoms with Gasteiger partial charge in [-0.25, -0.2) is 36.8 Å². The molecule has 4 heterocycles. The maximum Gasteiger partial charge on any atom is 0.322 e.